The van der Waals surface area contributed by atoms with Crippen LogP contribution in [0.5, 0.6) is 0 Å². The van der Waals surface area contributed by atoms with Gasteiger partial charge in [-0.05, 0) is 12.8 Å². The first-order valence-corrected chi connectivity index (χ1v) is 6.24. The smallest absolute Gasteiger partial charge is 0.330 e. The molecule has 0 unspecified atom stereocenters. The van der Waals surface area contributed by atoms with Crippen molar-refractivity contribution in [2.75, 3.05) is 6.61 Å². The summed E-state index contributed by atoms with van der Waals surface area (Å²) in [6.45, 7) is -1.02. The molecule has 0 aliphatic heterocycles. The molecule has 0 bridgehead atoms. The van der Waals surface area contributed by atoms with E-state index in [0.29, 0.717) is 12.6 Å². The molecule has 1 heterocycles. The Morgan fingerprint density at radius 3 is 2.50 bits per heavy atom. The normalized spacial score (nSPS) is 15.8. The van der Waals surface area contributed by atoms with E-state index in [0.717, 1.165) is 5.56 Å². The number of ether oxygens (including phenoxy) is 1. The fraction of sp³-hybridized carbons (Fsp3) is 0.667. The monoisotopic (exact) mass is 293 g/mol. The maximum absolute atomic E-state index is 12.6. The third-order valence-electron chi connectivity index (χ3n) is 2.78. The summed E-state index contributed by atoms with van der Waals surface area (Å²) in [5.41, 5.74) is 0.874. The van der Waals surface area contributed by atoms with Crippen molar-refractivity contribution in [1.29, 1.82) is 0 Å². The molecule has 0 atom stereocenters. The molecular weight excluding hydrogens is 278 g/mol. The maximum atomic E-state index is 12.6. The number of rotatable bonds is 8. The van der Waals surface area contributed by atoms with Gasteiger partial charge >= 0.3 is 12.3 Å². The number of nitrogens with zero attached hydrogens (tertiary/aromatic N) is 2. The van der Waals surface area contributed by atoms with Gasteiger partial charge in [0.25, 0.3) is 0 Å². The van der Waals surface area contributed by atoms with Gasteiger partial charge in [0.15, 0.2) is 5.82 Å². The first kappa shape index (κ1) is 15.1. The van der Waals surface area contributed by atoms with Crippen molar-refractivity contribution in [3.63, 3.8) is 0 Å². The zero-order valence-corrected chi connectivity index (χ0v) is 10.7. The number of alkyl halides is 4. The fourth-order valence-electron chi connectivity index (χ4n) is 1.44. The highest BCUT2D eigenvalue weighted by Crippen LogP contribution is 2.23. The van der Waals surface area contributed by atoms with Crippen LogP contribution in [0, 0.1) is 0 Å². The molecule has 8 heteroatoms. The molecule has 1 saturated carbocycles. The second kappa shape index (κ2) is 6.45. The van der Waals surface area contributed by atoms with Gasteiger partial charge in [-0.2, -0.15) is 8.78 Å². The Balaban J connectivity index is 1.72. The topological polar surface area (TPSA) is 47.0 Å². The number of hydrogen-bond donors (Lipinski definition) is 1. The molecule has 1 aromatic rings. The first-order valence-electron chi connectivity index (χ1n) is 6.24. The van der Waals surface area contributed by atoms with Gasteiger partial charge in [-0.1, -0.05) is 0 Å². The summed E-state index contributed by atoms with van der Waals surface area (Å²) < 4.78 is 53.4. The Kier molecular flexibility index (Phi) is 4.87. The van der Waals surface area contributed by atoms with Crippen LogP contribution in [0.3, 0.4) is 0 Å². The number of nitrogens with one attached hydrogen (secondary N) is 1. The average molecular weight is 293 g/mol. The predicted octanol–water partition coefficient (Wildman–Crippen LogP) is 2.15. The van der Waals surface area contributed by atoms with Crippen LogP contribution >= 0.6 is 0 Å². The van der Waals surface area contributed by atoms with Crippen LogP contribution in [0.2, 0.25) is 0 Å². The van der Waals surface area contributed by atoms with Crippen molar-refractivity contribution in [1.82, 2.24) is 15.3 Å². The minimum atomic E-state index is -4.14. The van der Waals surface area contributed by atoms with Gasteiger partial charge in [-0.15, -0.1) is 0 Å². The lowest BCUT2D eigenvalue weighted by molar-refractivity contribution is -0.168. The van der Waals surface area contributed by atoms with Gasteiger partial charge in [-0.3, -0.25) is 0 Å². The molecule has 20 heavy (non-hydrogen) atoms. The Morgan fingerprint density at radius 1 is 1.30 bits per heavy atom. The number of halogens is 4. The summed E-state index contributed by atoms with van der Waals surface area (Å²) in [6, 6.07) is 0.564. The SMILES string of the molecule is FC(F)C(F)(F)COCc1ncc(CNC2CC2)cn1. The summed E-state index contributed by atoms with van der Waals surface area (Å²) in [7, 11) is 0. The van der Waals surface area contributed by atoms with E-state index in [1.807, 2.05) is 0 Å². The van der Waals surface area contributed by atoms with Crippen LogP contribution in [0.4, 0.5) is 17.6 Å². The Morgan fingerprint density at radius 2 is 1.95 bits per heavy atom. The van der Waals surface area contributed by atoms with Crippen LogP contribution in [0.1, 0.15) is 24.2 Å². The molecule has 0 radical (unpaired) electrons. The number of hydrogen-bond acceptors (Lipinski definition) is 4. The van der Waals surface area contributed by atoms with E-state index < -0.39 is 19.0 Å². The minimum absolute atomic E-state index is 0.185. The second-order valence-corrected chi connectivity index (χ2v) is 4.72. The van der Waals surface area contributed by atoms with E-state index in [1.165, 1.54) is 12.8 Å². The third-order valence-corrected chi connectivity index (χ3v) is 2.78. The standard InChI is InChI=1S/C12H15F4N3O/c13-11(14)12(15,16)7-20-6-10-18-4-8(5-19-10)3-17-9-1-2-9/h4-5,9,11,17H,1-3,6-7H2. The molecule has 1 aliphatic carbocycles. The summed E-state index contributed by atoms with van der Waals surface area (Å²) >= 11 is 0. The summed E-state index contributed by atoms with van der Waals surface area (Å²) in [5, 5.41) is 3.27. The molecule has 1 aliphatic rings. The Bertz CT molecular complexity index is 423. The lowest BCUT2D eigenvalue weighted by Crippen LogP contribution is -2.32. The summed E-state index contributed by atoms with van der Waals surface area (Å²) in [5.74, 6) is -3.96. The van der Waals surface area contributed by atoms with Gasteiger partial charge in [-0.25, -0.2) is 18.7 Å². The largest absolute Gasteiger partial charge is 0.367 e. The van der Waals surface area contributed by atoms with Crippen molar-refractivity contribution in [3.05, 3.63) is 23.8 Å². The van der Waals surface area contributed by atoms with Gasteiger partial charge in [0.05, 0.1) is 0 Å². The van der Waals surface area contributed by atoms with Crippen molar-refractivity contribution in [2.24, 2.45) is 0 Å². The molecule has 112 valence electrons. The minimum Gasteiger partial charge on any atom is -0.367 e. The predicted molar refractivity (Wildman–Crippen MR) is 62.5 cm³/mol. The molecule has 4 nitrogen and oxygen atoms in total. The molecular formula is C12H15F4N3O. The van der Waals surface area contributed by atoms with Gasteiger partial charge in [0, 0.05) is 30.5 Å². The zero-order chi connectivity index (χ0) is 14.6. The van der Waals surface area contributed by atoms with Crippen LogP contribution < -0.4 is 5.32 Å². The van der Waals surface area contributed by atoms with E-state index in [9.17, 15) is 17.6 Å². The lowest BCUT2D eigenvalue weighted by atomic mass is 10.3. The fourth-order valence-corrected chi connectivity index (χ4v) is 1.44. The highest BCUT2D eigenvalue weighted by Gasteiger charge is 2.40. The molecule has 0 aromatic carbocycles. The van der Waals surface area contributed by atoms with E-state index in [1.54, 1.807) is 12.4 Å². The highest BCUT2D eigenvalue weighted by atomic mass is 19.3. The van der Waals surface area contributed by atoms with Crippen LogP contribution in [-0.4, -0.2) is 35.0 Å². The van der Waals surface area contributed by atoms with Crippen LogP contribution in [0.15, 0.2) is 12.4 Å². The molecule has 1 N–H and O–H groups in total. The van der Waals surface area contributed by atoms with E-state index in [-0.39, 0.29) is 12.4 Å². The summed E-state index contributed by atoms with van der Waals surface area (Å²) in [4.78, 5) is 7.87. The van der Waals surface area contributed by atoms with E-state index in [4.69, 9.17) is 0 Å². The van der Waals surface area contributed by atoms with Crippen molar-refractivity contribution in [2.45, 2.75) is 44.4 Å². The second-order valence-electron chi connectivity index (χ2n) is 4.72. The molecule has 1 aromatic heterocycles. The lowest BCUT2D eigenvalue weighted by Gasteiger charge is -2.14. The van der Waals surface area contributed by atoms with E-state index >= 15 is 0 Å². The Labute approximate surface area is 113 Å². The van der Waals surface area contributed by atoms with Gasteiger partial charge < -0.3 is 10.1 Å². The van der Waals surface area contributed by atoms with Crippen molar-refractivity contribution >= 4 is 0 Å². The zero-order valence-electron chi connectivity index (χ0n) is 10.7. The highest BCUT2D eigenvalue weighted by molar-refractivity contribution is 5.05. The van der Waals surface area contributed by atoms with Crippen molar-refractivity contribution < 1.29 is 22.3 Å². The third kappa shape index (κ3) is 4.68. The number of aromatic nitrogens is 2. The first-order chi connectivity index (χ1) is 9.47. The molecule has 1 fully saturated rings. The van der Waals surface area contributed by atoms with Crippen LogP contribution in [-0.2, 0) is 17.9 Å². The van der Waals surface area contributed by atoms with Crippen LogP contribution in [0.25, 0.3) is 0 Å². The molecule has 2 rings (SSSR count). The quantitative estimate of drug-likeness (QED) is 0.746. The average Bonchev–Trinajstić information content (AvgIpc) is 3.21. The summed E-state index contributed by atoms with van der Waals surface area (Å²) in [6.07, 6.45) is 1.73. The van der Waals surface area contributed by atoms with Gasteiger partial charge in [0.1, 0.15) is 13.2 Å². The Hall–Kier alpha value is -1.28. The van der Waals surface area contributed by atoms with Gasteiger partial charge in [0.2, 0.25) is 0 Å². The van der Waals surface area contributed by atoms with Crippen molar-refractivity contribution in [3.8, 4) is 0 Å². The van der Waals surface area contributed by atoms with E-state index in [2.05, 4.69) is 20.0 Å². The molecule has 0 spiro atoms. The maximum Gasteiger partial charge on any atom is 0.330 e. The molecule has 0 saturated heterocycles. The molecule has 0 amide bonds.